The van der Waals surface area contributed by atoms with Gasteiger partial charge in [-0.25, -0.2) is 0 Å². The molecule has 3 heteroatoms. The molecule has 0 aliphatic carbocycles. The Balaban J connectivity index is 2.76. The molecule has 0 bridgehead atoms. The highest BCUT2D eigenvalue weighted by Gasteiger charge is 2.03. The molecule has 0 radical (unpaired) electrons. The Kier molecular flexibility index (Phi) is 3.12. The molecule has 0 aromatic carbocycles. The average molecular weight is 188 g/mol. The average Bonchev–Trinajstić information content (AvgIpc) is 2.36. The van der Waals surface area contributed by atoms with Crippen molar-refractivity contribution in [2.45, 2.75) is 6.42 Å². The maximum absolute atomic E-state index is 5.88. The molecule has 0 spiro atoms. The Morgan fingerprint density at radius 1 is 1.73 bits per heavy atom. The van der Waals surface area contributed by atoms with E-state index in [9.17, 15) is 0 Å². The highest BCUT2D eigenvalue weighted by Crippen LogP contribution is 2.29. The Labute approximate surface area is 75.5 Å². The van der Waals surface area contributed by atoms with Crippen LogP contribution in [0.2, 0.25) is 5.02 Å². The van der Waals surface area contributed by atoms with Crippen LogP contribution in [0.3, 0.4) is 0 Å². The van der Waals surface area contributed by atoms with E-state index in [1.807, 2.05) is 11.4 Å². The minimum atomic E-state index is 0.632. The van der Waals surface area contributed by atoms with Gasteiger partial charge in [0.25, 0.3) is 0 Å². The zero-order chi connectivity index (χ0) is 8.27. The van der Waals surface area contributed by atoms with E-state index in [1.165, 1.54) is 0 Å². The zero-order valence-electron chi connectivity index (χ0n) is 6.14. The molecule has 1 rings (SSSR count). The molecule has 1 heterocycles. The summed E-state index contributed by atoms with van der Waals surface area (Å²) in [5, 5.41) is 2.74. The van der Waals surface area contributed by atoms with Crippen LogP contribution in [0.5, 0.6) is 0 Å². The van der Waals surface area contributed by atoms with E-state index in [2.05, 4.69) is 6.58 Å². The van der Waals surface area contributed by atoms with Crippen molar-refractivity contribution in [2.75, 3.05) is 6.54 Å². The van der Waals surface area contributed by atoms with Crippen LogP contribution in [0.1, 0.15) is 11.3 Å². The summed E-state index contributed by atoms with van der Waals surface area (Å²) in [5.41, 5.74) is 6.42. The minimum Gasteiger partial charge on any atom is -0.330 e. The van der Waals surface area contributed by atoms with Crippen molar-refractivity contribution in [1.29, 1.82) is 0 Å². The second kappa shape index (κ2) is 3.90. The van der Waals surface area contributed by atoms with Gasteiger partial charge in [0, 0.05) is 4.88 Å². The summed E-state index contributed by atoms with van der Waals surface area (Å²) < 4.78 is 0. The molecule has 11 heavy (non-hydrogen) atoms. The molecule has 60 valence electrons. The van der Waals surface area contributed by atoms with E-state index in [0.29, 0.717) is 6.54 Å². The van der Waals surface area contributed by atoms with Crippen molar-refractivity contribution in [3.05, 3.63) is 27.9 Å². The van der Waals surface area contributed by atoms with Gasteiger partial charge in [0.2, 0.25) is 0 Å². The first kappa shape index (κ1) is 8.78. The third kappa shape index (κ3) is 2.06. The second-order valence-corrected chi connectivity index (χ2v) is 3.56. The first-order valence-corrected chi connectivity index (χ1v) is 4.62. The highest BCUT2D eigenvalue weighted by molar-refractivity contribution is 7.11. The monoisotopic (exact) mass is 187 g/mol. The molecule has 0 fully saturated rings. The number of hydrogen-bond acceptors (Lipinski definition) is 2. The number of thiophene rings is 1. The molecule has 1 aromatic heterocycles. The van der Waals surface area contributed by atoms with Crippen LogP contribution >= 0.6 is 22.9 Å². The summed E-state index contributed by atoms with van der Waals surface area (Å²) in [7, 11) is 0. The van der Waals surface area contributed by atoms with E-state index in [1.54, 1.807) is 11.3 Å². The molecule has 0 aliphatic heterocycles. The molecular weight excluding hydrogens is 178 g/mol. The van der Waals surface area contributed by atoms with E-state index in [0.717, 1.165) is 21.9 Å². The molecule has 2 N–H and O–H groups in total. The predicted octanol–water partition coefficient (Wildman–Crippen LogP) is 2.76. The maximum atomic E-state index is 5.88. The lowest BCUT2D eigenvalue weighted by atomic mass is 10.2. The molecular formula is C8H10ClNS. The summed E-state index contributed by atoms with van der Waals surface area (Å²) >= 11 is 7.49. The Bertz CT molecular complexity index is 254. The standard InChI is InChI=1S/C8H10ClNS/c1-6(2-4-10)8-7(9)3-5-11-8/h3,5H,1-2,4,10H2. The SMILES string of the molecule is C=C(CCN)c1sccc1Cl. The molecule has 0 unspecified atom stereocenters. The summed E-state index contributed by atoms with van der Waals surface area (Å²) in [4.78, 5) is 1.07. The summed E-state index contributed by atoms with van der Waals surface area (Å²) in [6, 6.07) is 1.88. The number of nitrogens with two attached hydrogens (primary N) is 1. The minimum absolute atomic E-state index is 0.632. The van der Waals surface area contributed by atoms with Gasteiger partial charge in [-0.05, 0) is 30.0 Å². The van der Waals surface area contributed by atoms with Gasteiger partial charge in [-0.3, -0.25) is 0 Å². The van der Waals surface area contributed by atoms with E-state index < -0.39 is 0 Å². The second-order valence-electron chi connectivity index (χ2n) is 2.24. The summed E-state index contributed by atoms with van der Waals surface area (Å²) in [5.74, 6) is 0. The van der Waals surface area contributed by atoms with Crippen LogP contribution in [-0.2, 0) is 0 Å². The smallest absolute Gasteiger partial charge is 0.0588 e. The van der Waals surface area contributed by atoms with Gasteiger partial charge in [0.05, 0.1) is 5.02 Å². The van der Waals surface area contributed by atoms with Gasteiger partial charge in [-0.2, -0.15) is 0 Å². The largest absolute Gasteiger partial charge is 0.330 e. The molecule has 0 atom stereocenters. The van der Waals surface area contributed by atoms with Crippen molar-refractivity contribution in [2.24, 2.45) is 5.73 Å². The van der Waals surface area contributed by atoms with Crippen molar-refractivity contribution in [1.82, 2.24) is 0 Å². The fourth-order valence-corrected chi connectivity index (χ4v) is 2.03. The van der Waals surface area contributed by atoms with Crippen molar-refractivity contribution < 1.29 is 0 Å². The lowest BCUT2D eigenvalue weighted by Crippen LogP contribution is -1.98. The number of hydrogen-bond donors (Lipinski definition) is 1. The third-order valence-electron chi connectivity index (χ3n) is 1.38. The van der Waals surface area contributed by atoms with Gasteiger partial charge < -0.3 is 5.73 Å². The third-order valence-corrected chi connectivity index (χ3v) is 2.83. The fourth-order valence-electron chi connectivity index (χ4n) is 0.834. The van der Waals surface area contributed by atoms with Gasteiger partial charge >= 0.3 is 0 Å². The zero-order valence-corrected chi connectivity index (χ0v) is 7.71. The maximum Gasteiger partial charge on any atom is 0.0588 e. The fraction of sp³-hybridized carbons (Fsp3) is 0.250. The molecule has 0 aliphatic rings. The topological polar surface area (TPSA) is 26.0 Å². The quantitative estimate of drug-likeness (QED) is 0.774. The molecule has 0 amide bonds. The van der Waals surface area contributed by atoms with Crippen molar-refractivity contribution in [3.8, 4) is 0 Å². The Hall–Kier alpha value is -0.310. The molecule has 0 saturated carbocycles. The summed E-state index contributed by atoms with van der Waals surface area (Å²) in [6.07, 6.45) is 0.820. The van der Waals surface area contributed by atoms with Gasteiger partial charge in [-0.1, -0.05) is 18.2 Å². The summed E-state index contributed by atoms with van der Waals surface area (Å²) in [6.45, 7) is 4.53. The van der Waals surface area contributed by atoms with Crippen LogP contribution in [0.4, 0.5) is 0 Å². The van der Waals surface area contributed by atoms with Crippen LogP contribution in [0, 0.1) is 0 Å². The highest BCUT2D eigenvalue weighted by atomic mass is 35.5. The Morgan fingerprint density at radius 2 is 2.45 bits per heavy atom. The van der Waals surface area contributed by atoms with Gasteiger partial charge in [0.15, 0.2) is 0 Å². The lowest BCUT2D eigenvalue weighted by Gasteiger charge is -1.99. The van der Waals surface area contributed by atoms with E-state index >= 15 is 0 Å². The van der Waals surface area contributed by atoms with Crippen LogP contribution < -0.4 is 5.73 Å². The van der Waals surface area contributed by atoms with Crippen molar-refractivity contribution in [3.63, 3.8) is 0 Å². The van der Waals surface area contributed by atoms with Gasteiger partial charge in [0.1, 0.15) is 0 Å². The van der Waals surface area contributed by atoms with Crippen LogP contribution in [0.15, 0.2) is 18.0 Å². The first-order chi connectivity index (χ1) is 5.25. The molecule has 1 nitrogen and oxygen atoms in total. The lowest BCUT2D eigenvalue weighted by molar-refractivity contribution is 1.03. The number of rotatable bonds is 3. The van der Waals surface area contributed by atoms with Gasteiger partial charge in [-0.15, -0.1) is 11.3 Å². The normalized spacial score (nSPS) is 10.0. The van der Waals surface area contributed by atoms with Crippen LogP contribution in [-0.4, -0.2) is 6.54 Å². The Morgan fingerprint density at radius 3 is 2.91 bits per heavy atom. The van der Waals surface area contributed by atoms with E-state index in [-0.39, 0.29) is 0 Å². The number of halogens is 1. The van der Waals surface area contributed by atoms with Crippen molar-refractivity contribution >= 4 is 28.5 Å². The van der Waals surface area contributed by atoms with Crippen LogP contribution in [0.25, 0.3) is 5.57 Å². The molecule has 1 aromatic rings. The first-order valence-electron chi connectivity index (χ1n) is 3.37. The van der Waals surface area contributed by atoms with E-state index in [4.69, 9.17) is 17.3 Å². The molecule has 0 saturated heterocycles. The predicted molar refractivity (Wildman–Crippen MR) is 52.0 cm³/mol.